The SMILES string of the molecule is Cc1cnc(-c2cccc(NC(=O)C(=O)N(C)CCN3CCCC3=O)c2)o1. The van der Waals surface area contributed by atoms with E-state index in [1.807, 2.05) is 6.07 Å². The third kappa shape index (κ3) is 4.52. The van der Waals surface area contributed by atoms with Crippen molar-refractivity contribution in [2.24, 2.45) is 0 Å². The number of carbonyl (C=O) groups is 3. The lowest BCUT2D eigenvalue weighted by molar-refractivity contribution is -0.142. The number of aryl methyl sites for hydroxylation is 1. The second-order valence-corrected chi connectivity index (χ2v) is 6.52. The zero-order chi connectivity index (χ0) is 19.4. The molecule has 1 aliphatic heterocycles. The highest BCUT2D eigenvalue weighted by Crippen LogP contribution is 2.22. The summed E-state index contributed by atoms with van der Waals surface area (Å²) in [6.07, 6.45) is 3.01. The Hall–Kier alpha value is -3.16. The first-order chi connectivity index (χ1) is 12.9. The van der Waals surface area contributed by atoms with Crippen LogP contribution in [0.2, 0.25) is 0 Å². The standard InChI is InChI=1S/C19H22N4O4/c1-13-12-20-18(27-13)14-5-3-6-15(11-14)21-17(25)19(26)22(2)9-10-23-8-4-7-16(23)24/h3,5-6,11-12H,4,7-10H2,1-2H3,(H,21,25). The number of likely N-dealkylation sites (tertiary alicyclic amines) is 1. The molecule has 0 unspecified atom stereocenters. The van der Waals surface area contributed by atoms with Crippen molar-refractivity contribution in [3.05, 3.63) is 36.2 Å². The van der Waals surface area contributed by atoms with Gasteiger partial charge in [0.2, 0.25) is 11.8 Å². The molecule has 27 heavy (non-hydrogen) atoms. The Labute approximate surface area is 157 Å². The number of benzene rings is 1. The molecule has 0 spiro atoms. The minimum atomic E-state index is -0.731. The quantitative estimate of drug-likeness (QED) is 0.808. The normalized spacial score (nSPS) is 13.7. The maximum atomic E-state index is 12.3. The average molecular weight is 370 g/mol. The van der Waals surface area contributed by atoms with Crippen LogP contribution in [0.3, 0.4) is 0 Å². The number of anilines is 1. The van der Waals surface area contributed by atoms with Gasteiger partial charge >= 0.3 is 11.8 Å². The molecule has 0 aliphatic carbocycles. The molecule has 1 aliphatic rings. The Morgan fingerprint density at radius 1 is 1.37 bits per heavy atom. The number of aromatic nitrogens is 1. The minimum Gasteiger partial charge on any atom is -0.441 e. The molecule has 1 aromatic heterocycles. The first-order valence-corrected chi connectivity index (χ1v) is 8.81. The molecule has 3 amide bonds. The van der Waals surface area contributed by atoms with Gasteiger partial charge in [-0.3, -0.25) is 14.4 Å². The summed E-state index contributed by atoms with van der Waals surface area (Å²) in [5, 5.41) is 2.60. The van der Waals surface area contributed by atoms with Crippen molar-refractivity contribution in [3.8, 4) is 11.5 Å². The fourth-order valence-electron chi connectivity index (χ4n) is 2.89. The van der Waals surface area contributed by atoms with E-state index in [1.54, 1.807) is 43.3 Å². The molecule has 8 nitrogen and oxygen atoms in total. The summed E-state index contributed by atoms with van der Waals surface area (Å²) >= 11 is 0. The van der Waals surface area contributed by atoms with E-state index in [4.69, 9.17) is 4.42 Å². The monoisotopic (exact) mass is 370 g/mol. The van der Waals surface area contributed by atoms with Gasteiger partial charge in [-0.15, -0.1) is 0 Å². The number of carbonyl (C=O) groups excluding carboxylic acids is 3. The van der Waals surface area contributed by atoms with E-state index in [2.05, 4.69) is 10.3 Å². The summed E-state index contributed by atoms with van der Waals surface area (Å²) in [6.45, 7) is 3.26. The van der Waals surface area contributed by atoms with Crippen LogP contribution in [0, 0.1) is 6.92 Å². The molecule has 1 fully saturated rings. The lowest BCUT2D eigenvalue weighted by atomic mass is 10.2. The molecule has 0 saturated carbocycles. The summed E-state index contributed by atoms with van der Waals surface area (Å²) in [7, 11) is 1.55. The predicted octanol–water partition coefficient (Wildman–Crippen LogP) is 1.67. The number of oxazole rings is 1. The first kappa shape index (κ1) is 18.6. The second-order valence-electron chi connectivity index (χ2n) is 6.52. The number of nitrogens with zero attached hydrogens (tertiary/aromatic N) is 3. The summed E-state index contributed by atoms with van der Waals surface area (Å²) < 4.78 is 5.47. The highest BCUT2D eigenvalue weighted by molar-refractivity contribution is 6.39. The van der Waals surface area contributed by atoms with Crippen molar-refractivity contribution in [1.82, 2.24) is 14.8 Å². The number of hydrogen-bond acceptors (Lipinski definition) is 5. The highest BCUT2D eigenvalue weighted by atomic mass is 16.4. The Kier molecular flexibility index (Phi) is 5.54. The largest absolute Gasteiger partial charge is 0.441 e. The van der Waals surface area contributed by atoms with E-state index in [-0.39, 0.29) is 5.91 Å². The maximum absolute atomic E-state index is 12.3. The van der Waals surface area contributed by atoms with Crippen LogP contribution < -0.4 is 5.32 Å². The number of nitrogens with one attached hydrogen (secondary N) is 1. The smallest absolute Gasteiger partial charge is 0.313 e. The van der Waals surface area contributed by atoms with E-state index < -0.39 is 11.8 Å². The fourth-order valence-corrected chi connectivity index (χ4v) is 2.89. The van der Waals surface area contributed by atoms with E-state index in [1.165, 1.54) is 4.90 Å². The van der Waals surface area contributed by atoms with Gasteiger partial charge in [0.05, 0.1) is 6.20 Å². The van der Waals surface area contributed by atoms with Crippen LogP contribution in [0.5, 0.6) is 0 Å². The Bertz CT molecular complexity index is 861. The summed E-state index contributed by atoms with van der Waals surface area (Å²) in [5.41, 5.74) is 1.18. The van der Waals surface area contributed by atoms with Crippen molar-refractivity contribution in [2.75, 3.05) is 32.0 Å². The lowest BCUT2D eigenvalue weighted by Gasteiger charge is -2.21. The molecule has 142 valence electrons. The van der Waals surface area contributed by atoms with Crippen molar-refractivity contribution < 1.29 is 18.8 Å². The van der Waals surface area contributed by atoms with Crippen LogP contribution in [0.25, 0.3) is 11.5 Å². The molecule has 2 heterocycles. The maximum Gasteiger partial charge on any atom is 0.313 e. The van der Waals surface area contributed by atoms with Gasteiger partial charge in [0, 0.05) is 44.4 Å². The van der Waals surface area contributed by atoms with Crippen LogP contribution in [0.4, 0.5) is 5.69 Å². The van der Waals surface area contributed by atoms with Crippen molar-refractivity contribution in [1.29, 1.82) is 0 Å². The second kappa shape index (κ2) is 8.03. The number of amides is 3. The van der Waals surface area contributed by atoms with E-state index in [9.17, 15) is 14.4 Å². The van der Waals surface area contributed by atoms with Crippen LogP contribution in [0.15, 0.2) is 34.9 Å². The Morgan fingerprint density at radius 3 is 2.85 bits per heavy atom. The van der Waals surface area contributed by atoms with E-state index >= 15 is 0 Å². The zero-order valence-corrected chi connectivity index (χ0v) is 15.4. The van der Waals surface area contributed by atoms with Gasteiger partial charge in [-0.1, -0.05) is 6.07 Å². The van der Waals surface area contributed by atoms with Crippen LogP contribution >= 0.6 is 0 Å². The van der Waals surface area contributed by atoms with Crippen LogP contribution in [-0.4, -0.2) is 59.2 Å². The van der Waals surface area contributed by atoms with Crippen LogP contribution in [0.1, 0.15) is 18.6 Å². The highest BCUT2D eigenvalue weighted by Gasteiger charge is 2.23. The van der Waals surface area contributed by atoms with Gasteiger partial charge in [-0.2, -0.15) is 0 Å². The third-order valence-corrected chi connectivity index (χ3v) is 4.41. The van der Waals surface area contributed by atoms with Crippen LogP contribution in [-0.2, 0) is 14.4 Å². The fraction of sp³-hybridized carbons (Fsp3) is 0.368. The van der Waals surface area contributed by atoms with Gasteiger partial charge in [0.15, 0.2) is 0 Å². The molecule has 3 rings (SSSR count). The van der Waals surface area contributed by atoms with Gasteiger partial charge < -0.3 is 19.5 Å². The zero-order valence-electron chi connectivity index (χ0n) is 15.4. The van der Waals surface area contributed by atoms with Crippen molar-refractivity contribution in [3.63, 3.8) is 0 Å². The summed E-state index contributed by atoms with van der Waals surface area (Å²) in [5.74, 6) is -0.154. The minimum absolute atomic E-state index is 0.0962. The molecule has 1 aromatic carbocycles. The molecule has 1 N–H and O–H groups in total. The summed E-state index contributed by atoms with van der Waals surface area (Å²) in [4.78, 5) is 43.3. The number of rotatable bonds is 5. The molecule has 0 bridgehead atoms. The molecular weight excluding hydrogens is 348 g/mol. The van der Waals surface area contributed by atoms with Gasteiger partial charge in [0.1, 0.15) is 5.76 Å². The number of likely N-dealkylation sites (N-methyl/N-ethyl adjacent to an activating group) is 1. The molecule has 8 heteroatoms. The molecule has 0 atom stereocenters. The number of hydrogen-bond donors (Lipinski definition) is 1. The van der Waals surface area contributed by atoms with Crippen molar-refractivity contribution >= 4 is 23.4 Å². The van der Waals surface area contributed by atoms with E-state index in [0.29, 0.717) is 49.0 Å². The summed E-state index contributed by atoms with van der Waals surface area (Å²) in [6, 6.07) is 6.94. The van der Waals surface area contributed by atoms with Gasteiger partial charge in [0.25, 0.3) is 0 Å². The first-order valence-electron chi connectivity index (χ1n) is 8.81. The third-order valence-electron chi connectivity index (χ3n) is 4.41. The van der Waals surface area contributed by atoms with Crippen molar-refractivity contribution in [2.45, 2.75) is 19.8 Å². The van der Waals surface area contributed by atoms with E-state index in [0.717, 1.165) is 6.42 Å². The Morgan fingerprint density at radius 2 is 2.19 bits per heavy atom. The molecule has 2 aromatic rings. The predicted molar refractivity (Wildman–Crippen MR) is 98.8 cm³/mol. The molecule has 0 radical (unpaired) electrons. The average Bonchev–Trinajstić information content (AvgIpc) is 3.27. The molecule has 1 saturated heterocycles. The lowest BCUT2D eigenvalue weighted by Crippen LogP contribution is -2.41. The topological polar surface area (TPSA) is 95.8 Å². The Balaban J connectivity index is 1.57. The molecular formula is C19H22N4O4. The van der Waals surface area contributed by atoms with Gasteiger partial charge in [-0.25, -0.2) is 4.98 Å². The van der Waals surface area contributed by atoms with Gasteiger partial charge in [-0.05, 0) is 31.5 Å².